The molecule has 1 unspecified atom stereocenters. The van der Waals surface area contributed by atoms with Crippen molar-refractivity contribution in [1.29, 1.82) is 0 Å². The minimum Gasteiger partial charge on any atom is -0.398 e. The molecule has 0 bridgehead atoms. The number of thiazole rings is 1. The highest BCUT2D eigenvalue weighted by Crippen LogP contribution is 2.25. The van der Waals surface area contributed by atoms with Gasteiger partial charge in [0.05, 0.1) is 10.7 Å². The summed E-state index contributed by atoms with van der Waals surface area (Å²) in [5.41, 5.74) is 8.97. The third-order valence-corrected chi connectivity index (χ3v) is 4.98. The van der Waals surface area contributed by atoms with Crippen molar-refractivity contribution in [3.63, 3.8) is 0 Å². The van der Waals surface area contributed by atoms with Gasteiger partial charge in [0, 0.05) is 27.6 Å². The Bertz CT molecular complexity index is 580. The van der Waals surface area contributed by atoms with Crippen molar-refractivity contribution in [2.75, 3.05) is 5.73 Å². The van der Waals surface area contributed by atoms with Crippen molar-refractivity contribution in [1.82, 2.24) is 10.3 Å². The standard InChI is InChI=1S/C14H18BrN3S/c1-8(14-9(2)18-10(3)19-14)17-7-11-4-5-12(15)13(16)6-11/h4-6,8,17H,7,16H2,1-3H3. The van der Waals surface area contributed by atoms with Crippen molar-refractivity contribution in [2.24, 2.45) is 0 Å². The van der Waals surface area contributed by atoms with E-state index in [2.05, 4.69) is 46.1 Å². The lowest BCUT2D eigenvalue weighted by Crippen LogP contribution is -2.18. The summed E-state index contributed by atoms with van der Waals surface area (Å²) >= 11 is 5.16. The zero-order valence-electron chi connectivity index (χ0n) is 11.3. The fourth-order valence-electron chi connectivity index (χ4n) is 2.02. The predicted octanol–water partition coefficient (Wildman–Crippen LogP) is 3.96. The van der Waals surface area contributed by atoms with Gasteiger partial charge in [0.15, 0.2) is 0 Å². The maximum atomic E-state index is 5.88. The molecule has 5 heteroatoms. The van der Waals surface area contributed by atoms with Gasteiger partial charge in [-0.05, 0) is 54.4 Å². The van der Waals surface area contributed by atoms with Gasteiger partial charge in [0.25, 0.3) is 0 Å². The molecule has 3 nitrogen and oxygen atoms in total. The molecule has 19 heavy (non-hydrogen) atoms. The van der Waals surface area contributed by atoms with Crippen LogP contribution < -0.4 is 11.1 Å². The molecule has 1 aromatic carbocycles. The molecule has 0 aliphatic heterocycles. The van der Waals surface area contributed by atoms with Gasteiger partial charge in [0.1, 0.15) is 0 Å². The van der Waals surface area contributed by atoms with Gasteiger partial charge < -0.3 is 11.1 Å². The first-order valence-electron chi connectivity index (χ1n) is 6.18. The predicted molar refractivity (Wildman–Crippen MR) is 85.4 cm³/mol. The molecule has 0 spiro atoms. The van der Waals surface area contributed by atoms with E-state index in [9.17, 15) is 0 Å². The van der Waals surface area contributed by atoms with Crippen molar-refractivity contribution >= 4 is 33.0 Å². The van der Waals surface area contributed by atoms with E-state index in [1.54, 1.807) is 11.3 Å². The lowest BCUT2D eigenvalue weighted by atomic mass is 10.2. The minimum absolute atomic E-state index is 0.302. The monoisotopic (exact) mass is 339 g/mol. The molecule has 1 atom stereocenters. The fraction of sp³-hybridized carbons (Fsp3) is 0.357. The number of nitrogens with one attached hydrogen (secondary N) is 1. The molecule has 1 heterocycles. The topological polar surface area (TPSA) is 50.9 Å². The normalized spacial score (nSPS) is 12.6. The summed E-state index contributed by atoms with van der Waals surface area (Å²) in [6.07, 6.45) is 0. The molecule has 0 aliphatic rings. The Morgan fingerprint density at radius 3 is 2.74 bits per heavy atom. The van der Waals surface area contributed by atoms with Gasteiger partial charge in [-0.15, -0.1) is 11.3 Å². The Hall–Kier alpha value is -0.910. The number of benzene rings is 1. The molecule has 102 valence electrons. The first-order chi connectivity index (χ1) is 8.97. The fourth-order valence-corrected chi connectivity index (χ4v) is 3.22. The summed E-state index contributed by atoms with van der Waals surface area (Å²) in [7, 11) is 0. The number of halogens is 1. The van der Waals surface area contributed by atoms with Crippen LogP contribution in [0.1, 0.15) is 34.1 Å². The van der Waals surface area contributed by atoms with Crippen LogP contribution in [0.4, 0.5) is 5.69 Å². The van der Waals surface area contributed by atoms with E-state index in [0.29, 0.717) is 6.04 Å². The SMILES string of the molecule is Cc1nc(C)c(C(C)NCc2ccc(Br)c(N)c2)s1. The smallest absolute Gasteiger partial charge is 0.0900 e. The lowest BCUT2D eigenvalue weighted by molar-refractivity contribution is 0.579. The average molecular weight is 340 g/mol. The zero-order valence-corrected chi connectivity index (χ0v) is 13.7. The number of hydrogen-bond donors (Lipinski definition) is 2. The molecule has 2 aromatic rings. The number of nitrogens with zero attached hydrogens (tertiary/aromatic N) is 1. The van der Waals surface area contributed by atoms with Crippen LogP contribution in [-0.2, 0) is 6.54 Å². The summed E-state index contributed by atoms with van der Waals surface area (Å²) in [4.78, 5) is 5.77. The van der Waals surface area contributed by atoms with Crippen molar-refractivity contribution in [3.05, 3.63) is 43.8 Å². The first kappa shape index (κ1) is 14.5. The number of nitrogens with two attached hydrogens (primary N) is 1. The van der Waals surface area contributed by atoms with E-state index < -0.39 is 0 Å². The minimum atomic E-state index is 0.302. The number of hydrogen-bond acceptors (Lipinski definition) is 4. The zero-order chi connectivity index (χ0) is 14.0. The molecule has 0 saturated carbocycles. The Morgan fingerprint density at radius 1 is 1.42 bits per heavy atom. The van der Waals surface area contributed by atoms with Gasteiger partial charge in [-0.25, -0.2) is 4.98 Å². The molecule has 0 radical (unpaired) electrons. The highest BCUT2D eigenvalue weighted by molar-refractivity contribution is 9.10. The van der Waals surface area contributed by atoms with Crippen LogP contribution in [0, 0.1) is 13.8 Å². The van der Waals surface area contributed by atoms with Gasteiger partial charge >= 0.3 is 0 Å². The Kier molecular flexibility index (Phi) is 4.60. The lowest BCUT2D eigenvalue weighted by Gasteiger charge is -2.13. The van der Waals surface area contributed by atoms with E-state index in [1.165, 1.54) is 10.4 Å². The quantitative estimate of drug-likeness (QED) is 0.829. The number of rotatable bonds is 4. The molecule has 0 saturated heterocycles. The maximum Gasteiger partial charge on any atom is 0.0900 e. The molecular formula is C14H18BrN3S. The third-order valence-electron chi connectivity index (χ3n) is 3.01. The second kappa shape index (κ2) is 6.03. The summed E-state index contributed by atoms with van der Waals surface area (Å²) in [6, 6.07) is 6.36. The van der Waals surface area contributed by atoms with Crippen LogP contribution in [-0.4, -0.2) is 4.98 Å². The van der Waals surface area contributed by atoms with Crippen LogP contribution >= 0.6 is 27.3 Å². The first-order valence-corrected chi connectivity index (χ1v) is 7.79. The van der Waals surface area contributed by atoms with Crippen molar-refractivity contribution in [2.45, 2.75) is 33.4 Å². The van der Waals surface area contributed by atoms with Gasteiger partial charge in [-0.2, -0.15) is 0 Å². The Labute approximate surface area is 126 Å². The van der Waals surface area contributed by atoms with Gasteiger partial charge in [0.2, 0.25) is 0 Å². The number of nitrogen functional groups attached to an aromatic ring is 1. The van der Waals surface area contributed by atoms with Crippen LogP contribution in [0.5, 0.6) is 0 Å². The van der Waals surface area contributed by atoms with Crippen LogP contribution in [0.15, 0.2) is 22.7 Å². The molecule has 0 fully saturated rings. The second-order valence-corrected chi connectivity index (χ2v) is 6.73. The number of anilines is 1. The second-order valence-electron chi connectivity index (χ2n) is 4.64. The third kappa shape index (κ3) is 3.55. The molecule has 0 aliphatic carbocycles. The van der Waals surface area contributed by atoms with Crippen molar-refractivity contribution < 1.29 is 0 Å². The van der Waals surface area contributed by atoms with E-state index in [1.807, 2.05) is 19.1 Å². The highest BCUT2D eigenvalue weighted by atomic mass is 79.9. The summed E-state index contributed by atoms with van der Waals surface area (Å²) in [5, 5.41) is 4.64. The van der Waals surface area contributed by atoms with E-state index in [0.717, 1.165) is 27.4 Å². The Balaban J connectivity index is 2.02. The van der Waals surface area contributed by atoms with E-state index >= 15 is 0 Å². The summed E-state index contributed by atoms with van der Waals surface area (Å²) in [6.45, 7) is 7.08. The molecule has 1 aromatic heterocycles. The largest absolute Gasteiger partial charge is 0.398 e. The van der Waals surface area contributed by atoms with E-state index in [-0.39, 0.29) is 0 Å². The number of aryl methyl sites for hydroxylation is 2. The van der Waals surface area contributed by atoms with E-state index in [4.69, 9.17) is 5.73 Å². The molecule has 0 amide bonds. The molecule has 2 rings (SSSR count). The van der Waals surface area contributed by atoms with Crippen LogP contribution in [0.3, 0.4) is 0 Å². The molecule has 3 N–H and O–H groups in total. The Morgan fingerprint density at radius 2 is 2.16 bits per heavy atom. The van der Waals surface area contributed by atoms with Crippen LogP contribution in [0.2, 0.25) is 0 Å². The average Bonchev–Trinajstić information content (AvgIpc) is 2.70. The highest BCUT2D eigenvalue weighted by Gasteiger charge is 2.12. The molecular weight excluding hydrogens is 322 g/mol. The number of aromatic nitrogens is 1. The van der Waals surface area contributed by atoms with Gasteiger partial charge in [-0.3, -0.25) is 0 Å². The summed E-state index contributed by atoms with van der Waals surface area (Å²) < 4.78 is 0.943. The van der Waals surface area contributed by atoms with Crippen LogP contribution in [0.25, 0.3) is 0 Å². The van der Waals surface area contributed by atoms with Gasteiger partial charge in [-0.1, -0.05) is 6.07 Å². The van der Waals surface area contributed by atoms with Crippen molar-refractivity contribution in [3.8, 4) is 0 Å². The maximum absolute atomic E-state index is 5.88. The summed E-state index contributed by atoms with van der Waals surface area (Å²) in [5.74, 6) is 0.